The summed E-state index contributed by atoms with van der Waals surface area (Å²) >= 11 is 0. The van der Waals surface area contributed by atoms with Crippen molar-refractivity contribution in [3.8, 4) is 11.8 Å². The molecule has 2 atom stereocenters. The highest BCUT2D eigenvalue weighted by Gasteiger charge is 2.46. The summed E-state index contributed by atoms with van der Waals surface area (Å²) in [4.78, 5) is 41.2. The number of nitrogens with one attached hydrogen (secondary N) is 1. The average Bonchev–Trinajstić information content (AvgIpc) is 3.52. The van der Waals surface area contributed by atoms with Gasteiger partial charge in [0.05, 0.1) is 31.1 Å². The molecule has 3 aliphatic rings. The van der Waals surface area contributed by atoms with Gasteiger partial charge < -0.3 is 10.2 Å². The van der Waals surface area contributed by atoms with Crippen molar-refractivity contribution in [3.05, 3.63) is 83.1 Å². The second-order valence-electron chi connectivity index (χ2n) is 9.72. The number of aryl methyl sites for hydroxylation is 1. The number of aliphatic imine (C=N–C) groups is 2. The molecule has 1 aromatic heterocycles. The third-order valence-corrected chi connectivity index (χ3v) is 7.15. The molecule has 1 saturated heterocycles. The van der Waals surface area contributed by atoms with E-state index in [9.17, 15) is 9.59 Å². The number of aromatic nitrogens is 1. The Morgan fingerprint density at radius 3 is 2.79 bits per heavy atom. The van der Waals surface area contributed by atoms with Crippen LogP contribution in [0, 0.1) is 11.8 Å². The number of likely N-dealkylation sites (tertiary alicyclic amines) is 1. The minimum absolute atomic E-state index is 0.146. The van der Waals surface area contributed by atoms with Crippen LogP contribution in [0.5, 0.6) is 0 Å². The SMILES string of the molecule is CC#CC(=O)N1CCCC1C1=C2C=NC=C[N+]2(C)C(c2ccc(C(=O)Nc3cc(CCC)ccn3)cc2)=N1. The summed E-state index contributed by atoms with van der Waals surface area (Å²) in [6.07, 6.45) is 11.0. The summed E-state index contributed by atoms with van der Waals surface area (Å²) < 4.78 is 0.344. The summed E-state index contributed by atoms with van der Waals surface area (Å²) in [6.45, 7) is 4.46. The summed E-state index contributed by atoms with van der Waals surface area (Å²) in [5.74, 6) is 6.38. The Kier molecular flexibility index (Phi) is 7.03. The Labute approximate surface area is 223 Å². The van der Waals surface area contributed by atoms with Gasteiger partial charge in [0.25, 0.3) is 11.8 Å². The molecule has 8 heteroatoms. The van der Waals surface area contributed by atoms with E-state index in [0.29, 0.717) is 22.4 Å². The van der Waals surface area contributed by atoms with Crippen molar-refractivity contribution in [2.45, 2.75) is 45.6 Å². The molecule has 2 aromatic rings. The van der Waals surface area contributed by atoms with E-state index >= 15 is 0 Å². The Morgan fingerprint density at radius 1 is 1.21 bits per heavy atom. The predicted molar refractivity (Wildman–Crippen MR) is 148 cm³/mol. The number of hydrogen-bond donors (Lipinski definition) is 1. The normalized spacial score (nSPS) is 21.6. The van der Waals surface area contributed by atoms with Crippen LogP contribution in [0.2, 0.25) is 0 Å². The number of hydrogen-bond acceptors (Lipinski definition) is 5. The van der Waals surface area contributed by atoms with E-state index in [0.717, 1.165) is 54.0 Å². The van der Waals surface area contributed by atoms with Gasteiger partial charge in [-0.25, -0.2) is 9.47 Å². The number of carbonyl (C=O) groups is 2. The van der Waals surface area contributed by atoms with E-state index in [-0.39, 0.29) is 17.9 Å². The standard InChI is InChI=1S/C30H30N6O2/c1-4-7-21-14-15-32-26(19-21)33-30(38)23-12-10-22(11-13-23)29-34-28(25-20-31-16-18-36(25,29)3)24-9-6-17-35(24)27(37)8-5-2/h10-16,18-20,24H,4,6-7,9,17H2,1-3H3/p+1. The number of nitrogens with zero attached hydrogens (tertiary/aromatic N) is 5. The quantitative estimate of drug-likeness (QED) is 0.468. The van der Waals surface area contributed by atoms with Gasteiger partial charge in [-0.15, -0.1) is 0 Å². The molecule has 3 aliphatic heterocycles. The Bertz CT molecular complexity index is 1460. The predicted octanol–water partition coefficient (Wildman–Crippen LogP) is 4.27. The van der Waals surface area contributed by atoms with Crippen molar-refractivity contribution in [1.29, 1.82) is 0 Å². The van der Waals surface area contributed by atoms with Gasteiger partial charge >= 0.3 is 0 Å². The number of quaternary nitrogens is 1. The van der Waals surface area contributed by atoms with Gasteiger partial charge in [-0.2, -0.15) is 4.99 Å². The molecule has 0 radical (unpaired) electrons. The van der Waals surface area contributed by atoms with Crippen LogP contribution in [0.25, 0.3) is 0 Å². The molecule has 0 spiro atoms. The third-order valence-electron chi connectivity index (χ3n) is 7.15. The van der Waals surface area contributed by atoms with E-state index in [1.807, 2.05) is 41.6 Å². The van der Waals surface area contributed by atoms with E-state index < -0.39 is 0 Å². The van der Waals surface area contributed by atoms with E-state index in [1.54, 1.807) is 31.5 Å². The summed E-state index contributed by atoms with van der Waals surface area (Å²) in [5.41, 5.74) is 4.36. The van der Waals surface area contributed by atoms with Crippen LogP contribution in [0.4, 0.5) is 5.82 Å². The van der Waals surface area contributed by atoms with Gasteiger partial charge in [0.1, 0.15) is 17.7 Å². The lowest BCUT2D eigenvalue weighted by Gasteiger charge is -2.29. The number of anilines is 1. The molecule has 2 amide bonds. The highest BCUT2D eigenvalue weighted by atomic mass is 16.2. The van der Waals surface area contributed by atoms with Crippen LogP contribution in [0.1, 0.15) is 54.6 Å². The lowest BCUT2D eigenvalue weighted by Crippen LogP contribution is -2.43. The van der Waals surface area contributed by atoms with Crippen LogP contribution >= 0.6 is 0 Å². The number of amides is 2. The maximum absolute atomic E-state index is 12.9. The fraction of sp³-hybridized carbons (Fsp3) is 0.300. The maximum Gasteiger partial charge on any atom is 0.299 e. The minimum Gasteiger partial charge on any atom is -0.323 e. The van der Waals surface area contributed by atoms with Gasteiger partial charge in [-0.3, -0.25) is 14.6 Å². The van der Waals surface area contributed by atoms with Gasteiger partial charge in [-0.1, -0.05) is 19.3 Å². The number of fused-ring (bicyclic) bond motifs is 1. The van der Waals surface area contributed by atoms with Crippen LogP contribution in [-0.2, 0) is 11.2 Å². The lowest BCUT2D eigenvalue weighted by atomic mass is 10.1. The minimum atomic E-state index is -0.215. The van der Waals surface area contributed by atoms with Crippen molar-refractivity contribution in [2.75, 3.05) is 18.9 Å². The van der Waals surface area contributed by atoms with Gasteiger partial charge in [0.2, 0.25) is 5.84 Å². The highest BCUT2D eigenvalue weighted by molar-refractivity contribution is 6.05. The molecule has 2 unspecified atom stereocenters. The Hall–Kier alpha value is -4.35. The molecular formula is C30H31N6O2+. The first-order valence-electron chi connectivity index (χ1n) is 13.0. The summed E-state index contributed by atoms with van der Waals surface area (Å²) in [7, 11) is 2.06. The first-order valence-corrected chi connectivity index (χ1v) is 13.0. The zero-order chi connectivity index (χ0) is 26.7. The molecule has 38 heavy (non-hydrogen) atoms. The van der Waals surface area contributed by atoms with E-state index in [4.69, 9.17) is 4.99 Å². The summed E-state index contributed by atoms with van der Waals surface area (Å²) in [6, 6.07) is 11.2. The Morgan fingerprint density at radius 2 is 2.03 bits per heavy atom. The third kappa shape index (κ3) is 4.69. The van der Waals surface area contributed by atoms with Crippen LogP contribution < -0.4 is 5.32 Å². The van der Waals surface area contributed by atoms with E-state index in [2.05, 4.69) is 41.1 Å². The van der Waals surface area contributed by atoms with Crippen molar-refractivity contribution in [1.82, 2.24) is 9.88 Å². The van der Waals surface area contributed by atoms with Crippen LogP contribution in [0.15, 0.2) is 76.4 Å². The molecular weight excluding hydrogens is 476 g/mol. The lowest BCUT2D eigenvalue weighted by molar-refractivity contribution is -0.713. The number of allylic oxidation sites excluding steroid dienone is 1. The number of rotatable bonds is 6. The second kappa shape index (κ2) is 10.6. The molecule has 8 nitrogen and oxygen atoms in total. The molecule has 0 saturated carbocycles. The molecule has 1 fully saturated rings. The van der Waals surface area contributed by atoms with E-state index in [1.165, 1.54) is 0 Å². The Balaban J connectivity index is 1.41. The van der Waals surface area contributed by atoms with Crippen LogP contribution in [-0.4, -0.2) is 57.9 Å². The van der Waals surface area contributed by atoms with Gasteiger partial charge in [-0.05, 0) is 74.1 Å². The van der Waals surface area contributed by atoms with Gasteiger partial charge in [0.15, 0.2) is 5.70 Å². The van der Waals surface area contributed by atoms with Crippen molar-refractivity contribution < 1.29 is 14.1 Å². The monoisotopic (exact) mass is 507 g/mol. The molecule has 192 valence electrons. The number of carbonyl (C=O) groups excluding carboxylic acids is 2. The zero-order valence-corrected chi connectivity index (χ0v) is 21.9. The smallest absolute Gasteiger partial charge is 0.299 e. The highest BCUT2D eigenvalue weighted by Crippen LogP contribution is 2.38. The molecule has 5 rings (SSSR count). The fourth-order valence-corrected chi connectivity index (χ4v) is 5.25. The first kappa shape index (κ1) is 25.3. The largest absolute Gasteiger partial charge is 0.323 e. The molecule has 4 heterocycles. The first-order chi connectivity index (χ1) is 18.4. The summed E-state index contributed by atoms with van der Waals surface area (Å²) in [5, 5.41) is 2.90. The molecule has 1 aromatic carbocycles. The zero-order valence-electron chi connectivity index (χ0n) is 21.9. The molecule has 1 N–H and O–H groups in total. The topological polar surface area (TPSA) is 87.0 Å². The van der Waals surface area contributed by atoms with Crippen molar-refractivity contribution in [2.24, 2.45) is 9.98 Å². The number of benzene rings is 1. The van der Waals surface area contributed by atoms with Gasteiger partial charge in [0, 0.05) is 18.3 Å². The number of pyridine rings is 1. The van der Waals surface area contributed by atoms with Crippen molar-refractivity contribution in [3.63, 3.8) is 0 Å². The van der Waals surface area contributed by atoms with Crippen molar-refractivity contribution >= 4 is 29.7 Å². The average molecular weight is 508 g/mol. The maximum atomic E-state index is 12.9. The fourth-order valence-electron chi connectivity index (χ4n) is 5.25. The molecule has 0 bridgehead atoms. The van der Waals surface area contributed by atoms with Crippen LogP contribution in [0.3, 0.4) is 0 Å². The second-order valence-corrected chi connectivity index (χ2v) is 9.72. The number of amidine groups is 1. The molecule has 0 aliphatic carbocycles.